The largest absolute Gasteiger partial charge is 0.426 e. The van der Waals surface area contributed by atoms with Crippen LogP contribution in [-0.2, 0) is 14.8 Å². The SMILES string of the molecule is N#Cc1ccc(OC(=O)[C@@H]2CCCN(C3=NS(=O)(=O)c4ccccc43)C2)cc1. The molecule has 0 aliphatic carbocycles. The van der Waals surface area contributed by atoms with Crippen molar-refractivity contribution in [3.8, 4) is 11.8 Å². The van der Waals surface area contributed by atoms with Gasteiger partial charge in [-0.05, 0) is 49.2 Å². The Balaban J connectivity index is 1.50. The van der Waals surface area contributed by atoms with Gasteiger partial charge < -0.3 is 9.64 Å². The Bertz CT molecular complexity index is 1100. The number of hydrogen-bond acceptors (Lipinski definition) is 6. The Kier molecular flexibility index (Phi) is 4.61. The molecule has 8 heteroatoms. The summed E-state index contributed by atoms with van der Waals surface area (Å²) in [4.78, 5) is 14.6. The summed E-state index contributed by atoms with van der Waals surface area (Å²) in [6.07, 6.45) is 1.39. The predicted molar refractivity (Wildman–Crippen MR) is 101 cm³/mol. The van der Waals surface area contributed by atoms with E-state index in [1.165, 1.54) is 0 Å². The summed E-state index contributed by atoms with van der Waals surface area (Å²) in [5.41, 5.74) is 1.06. The van der Waals surface area contributed by atoms with Crippen molar-refractivity contribution in [3.63, 3.8) is 0 Å². The van der Waals surface area contributed by atoms with E-state index in [1.807, 2.05) is 11.0 Å². The molecular formula is C20H17N3O4S. The average molecular weight is 395 g/mol. The number of hydrogen-bond donors (Lipinski definition) is 0. The zero-order valence-electron chi connectivity index (χ0n) is 14.9. The van der Waals surface area contributed by atoms with Crippen molar-refractivity contribution < 1.29 is 17.9 Å². The van der Waals surface area contributed by atoms with Gasteiger partial charge in [0.25, 0.3) is 10.0 Å². The van der Waals surface area contributed by atoms with Crippen LogP contribution >= 0.6 is 0 Å². The van der Waals surface area contributed by atoms with E-state index in [2.05, 4.69) is 4.40 Å². The minimum Gasteiger partial charge on any atom is -0.426 e. The van der Waals surface area contributed by atoms with Gasteiger partial charge in [0.05, 0.1) is 17.6 Å². The summed E-state index contributed by atoms with van der Waals surface area (Å²) >= 11 is 0. The molecule has 0 radical (unpaired) electrons. The highest BCUT2D eigenvalue weighted by Crippen LogP contribution is 2.30. The van der Waals surface area contributed by atoms with Crippen LogP contribution in [0.1, 0.15) is 24.0 Å². The van der Waals surface area contributed by atoms with Gasteiger partial charge in [-0.25, -0.2) is 0 Å². The fourth-order valence-corrected chi connectivity index (χ4v) is 4.70. The molecule has 2 heterocycles. The van der Waals surface area contributed by atoms with Crippen LogP contribution in [0.5, 0.6) is 5.75 Å². The molecule has 0 aromatic heterocycles. The molecule has 0 N–H and O–H groups in total. The van der Waals surface area contributed by atoms with E-state index in [0.29, 0.717) is 42.2 Å². The Morgan fingerprint density at radius 1 is 1.18 bits per heavy atom. The number of carbonyl (C=O) groups is 1. The number of ether oxygens (including phenoxy) is 1. The third-order valence-corrected chi connectivity index (χ3v) is 6.19. The average Bonchev–Trinajstić information content (AvgIpc) is 3.00. The lowest BCUT2D eigenvalue weighted by atomic mass is 9.97. The highest BCUT2D eigenvalue weighted by Gasteiger charge is 2.35. The third kappa shape index (κ3) is 3.37. The van der Waals surface area contributed by atoms with Gasteiger partial charge in [-0.1, -0.05) is 12.1 Å². The number of sulfonamides is 1. The number of nitrogens with zero attached hydrogens (tertiary/aromatic N) is 3. The zero-order valence-corrected chi connectivity index (χ0v) is 15.7. The topological polar surface area (TPSA) is 99.8 Å². The van der Waals surface area contributed by atoms with Crippen LogP contribution in [0.4, 0.5) is 0 Å². The van der Waals surface area contributed by atoms with Crippen LogP contribution in [-0.4, -0.2) is 38.2 Å². The van der Waals surface area contributed by atoms with Crippen molar-refractivity contribution in [3.05, 3.63) is 59.7 Å². The van der Waals surface area contributed by atoms with Crippen molar-refractivity contribution >= 4 is 21.8 Å². The van der Waals surface area contributed by atoms with Crippen LogP contribution in [0.3, 0.4) is 0 Å². The Labute approximate surface area is 162 Å². The molecule has 7 nitrogen and oxygen atoms in total. The monoisotopic (exact) mass is 395 g/mol. The summed E-state index contributed by atoms with van der Waals surface area (Å²) in [7, 11) is -3.69. The lowest BCUT2D eigenvalue weighted by Gasteiger charge is -2.32. The van der Waals surface area contributed by atoms with Crippen LogP contribution < -0.4 is 4.74 Å². The summed E-state index contributed by atoms with van der Waals surface area (Å²) in [6.45, 7) is 0.973. The van der Waals surface area contributed by atoms with E-state index in [9.17, 15) is 13.2 Å². The van der Waals surface area contributed by atoms with E-state index >= 15 is 0 Å². The van der Waals surface area contributed by atoms with Gasteiger partial charge in [-0.3, -0.25) is 4.79 Å². The number of piperidine rings is 1. The first-order valence-corrected chi connectivity index (χ1v) is 10.3. The summed E-state index contributed by atoms with van der Waals surface area (Å²) in [5, 5.41) is 8.84. The van der Waals surface area contributed by atoms with Crippen molar-refractivity contribution in [1.29, 1.82) is 5.26 Å². The van der Waals surface area contributed by atoms with E-state index < -0.39 is 10.0 Å². The molecule has 4 rings (SSSR count). The molecule has 2 aromatic rings. The fourth-order valence-electron chi connectivity index (χ4n) is 3.48. The maximum atomic E-state index is 12.6. The number of likely N-dealkylation sites (tertiary alicyclic amines) is 1. The fraction of sp³-hybridized carbons (Fsp3) is 0.250. The summed E-state index contributed by atoms with van der Waals surface area (Å²) < 4.78 is 34.0. The molecule has 1 atom stereocenters. The molecule has 0 bridgehead atoms. The highest BCUT2D eigenvalue weighted by atomic mass is 32.2. The molecule has 0 spiro atoms. The number of rotatable bonds is 2. The van der Waals surface area contributed by atoms with Crippen molar-refractivity contribution in [1.82, 2.24) is 4.90 Å². The maximum absolute atomic E-state index is 12.6. The quantitative estimate of drug-likeness (QED) is 0.571. The smallest absolute Gasteiger partial charge is 0.316 e. The Morgan fingerprint density at radius 2 is 1.93 bits per heavy atom. The van der Waals surface area contributed by atoms with Crippen LogP contribution in [0.2, 0.25) is 0 Å². The first-order chi connectivity index (χ1) is 13.5. The normalized spacial score (nSPS) is 20.0. The van der Waals surface area contributed by atoms with Gasteiger partial charge in [0, 0.05) is 18.7 Å². The number of benzene rings is 2. The van der Waals surface area contributed by atoms with Gasteiger partial charge in [0.15, 0.2) is 5.84 Å². The first-order valence-electron chi connectivity index (χ1n) is 8.89. The lowest BCUT2D eigenvalue weighted by molar-refractivity contribution is -0.140. The second-order valence-electron chi connectivity index (χ2n) is 6.73. The maximum Gasteiger partial charge on any atom is 0.316 e. The lowest BCUT2D eigenvalue weighted by Crippen LogP contribution is -2.43. The first kappa shape index (κ1) is 18.2. The van der Waals surface area contributed by atoms with Crippen LogP contribution in [0.15, 0.2) is 57.8 Å². The Hall–Kier alpha value is -3.18. The molecule has 1 saturated heterocycles. The second-order valence-corrected chi connectivity index (χ2v) is 8.30. The number of esters is 1. The second kappa shape index (κ2) is 7.09. The molecule has 0 saturated carbocycles. The van der Waals surface area contributed by atoms with E-state index in [4.69, 9.17) is 10.00 Å². The molecule has 2 aromatic carbocycles. The van der Waals surface area contributed by atoms with Crippen molar-refractivity contribution in [2.45, 2.75) is 17.7 Å². The van der Waals surface area contributed by atoms with Gasteiger partial charge in [-0.2, -0.15) is 13.7 Å². The molecule has 0 unspecified atom stereocenters. The zero-order chi connectivity index (χ0) is 19.7. The molecular weight excluding hydrogens is 378 g/mol. The molecule has 28 heavy (non-hydrogen) atoms. The summed E-state index contributed by atoms with van der Waals surface area (Å²) in [6, 6.07) is 15.1. The van der Waals surface area contributed by atoms with Crippen molar-refractivity contribution in [2.75, 3.05) is 13.1 Å². The molecule has 142 valence electrons. The Morgan fingerprint density at radius 3 is 2.68 bits per heavy atom. The number of carbonyl (C=O) groups excluding carboxylic acids is 1. The predicted octanol–water partition coefficient (Wildman–Crippen LogP) is 2.32. The number of fused-ring (bicyclic) bond motifs is 1. The van der Waals surface area contributed by atoms with Crippen LogP contribution in [0, 0.1) is 17.2 Å². The number of nitriles is 1. The van der Waals surface area contributed by atoms with Crippen LogP contribution in [0.25, 0.3) is 0 Å². The number of amidine groups is 1. The highest BCUT2D eigenvalue weighted by molar-refractivity contribution is 7.90. The minimum atomic E-state index is -3.69. The third-order valence-electron chi connectivity index (χ3n) is 4.87. The summed E-state index contributed by atoms with van der Waals surface area (Å²) in [5.74, 6) is 0.0189. The molecule has 0 amide bonds. The molecule has 2 aliphatic heterocycles. The van der Waals surface area contributed by atoms with E-state index in [-0.39, 0.29) is 16.8 Å². The standard InChI is InChI=1S/C20H17N3O4S/c21-12-14-7-9-16(10-8-14)27-20(24)15-4-3-11-23(13-15)19-17-5-1-2-6-18(17)28(25,26)22-19/h1-2,5-10,15H,3-4,11,13H2/t15-/m1/s1. The van der Waals surface area contributed by atoms with E-state index in [1.54, 1.807) is 48.5 Å². The molecule has 1 fully saturated rings. The van der Waals surface area contributed by atoms with E-state index in [0.717, 1.165) is 6.42 Å². The van der Waals surface area contributed by atoms with Gasteiger partial charge >= 0.3 is 5.97 Å². The van der Waals surface area contributed by atoms with Gasteiger partial charge in [0.2, 0.25) is 0 Å². The van der Waals surface area contributed by atoms with Gasteiger partial charge in [0.1, 0.15) is 10.6 Å². The molecule has 2 aliphatic rings. The minimum absolute atomic E-state index is 0.201. The van der Waals surface area contributed by atoms with Gasteiger partial charge in [-0.15, -0.1) is 4.40 Å². The van der Waals surface area contributed by atoms with Crippen molar-refractivity contribution in [2.24, 2.45) is 10.3 Å².